The lowest BCUT2D eigenvalue weighted by Gasteiger charge is -2.28. The second-order valence-electron chi connectivity index (χ2n) is 3.61. The van der Waals surface area contributed by atoms with Gasteiger partial charge in [-0.3, -0.25) is 4.68 Å². The van der Waals surface area contributed by atoms with Crippen molar-refractivity contribution >= 4 is 5.69 Å². The smallest absolute Gasteiger partial charge is 0.0920 e. The van der Waals surface area contributed by atoms with Gasteiger partial charge in [-0.1, -0.05) is 0 Å². The van der Waals surface area contributed by atoms with Gasteiger partial charge in [-0.2, -0.15) is 5.10 Å². The summed E-state index contributed by atoms with van der Waals surface area (Å²) in [5.74, 6) is 0. The zero-order valence-corrected chi connectivity index (χ0v) is 8.31. The van der Waals surface area contributed by atoms with Crippen LogP contribution in [0.5, 0.6) is 0 Å². The van der Waals surface area contributed by atoms with Gasteiger partial charge in [-0.25, -0.2) is 0 Å². The molecule has 2 atom stereocenters. The van der Waals surface area contributed by atoms with Crippen molar-refractivity contribution < 1.29 is 4.74 Å². The van der Waals surface area contributed by atoms with Crippen molar-refractivity contribution in [1.29, 1.82) is 0 Å². The molecule has 14 heavy (non-hydrogen) atoms. The summed E-state index contributed by atoms with van der Waals surface area (Å²) >= 11 is 0. The molecule has 0 aliphatic carbocycles. The summed E-state index contributed by atoms with van der Waals surface area (Å²) in [6.45, 7) is 4.67. The highest BCUT2D eigenvalue weighted by Gasteiger charge is 2.22. The highest BCUT2D eigenvalue weighted by atomic mass is 16.5. The summed E-state index contributed by atoms with van der Waals surface area (Å²) in [6, 6.07) is 0.222. The second kappa shape index (κ2) is 3.98. The van der Waals surface area contributed by atoms with Gasteiger partial charge >= 0.3 is 0 Å². The van der Waals surface area contributed by atoms with E-state index in [0.29, 0.717) is 5.69 Å². The van der Waals surface area contributed by atoms with E-state index in [1.54, 1.807) is 6.20 Å². The van der Waals surface area contributed by atoms with Gasteiger partial charge in [0.05, 0.1) is 30.6 Å². The first-order chi connectivity index (χ1) is 6.77. The Kier molecular flexibility index (Phi) is 2.69. The summed E-state index contributed by atoms with van der Waals surface area (Å²) < 4.78 is 7.49. The molecular formula is C9H16N4O. The molecule has 1 saturated heterocycles. The standard InChI is InChI=1S/C9H16N4O/c1-7(9-5-11-2-3-14-9)13-6-8(10)4-12-13/h4,6-7,9,11H,2-3,5,10H2,1H3. The molecule has 1 aliphatic rings. The molecule has 1 aromatic rings. The van der Waals surface area contributed by atoms with Crippen LogP contribution < -0.4 is 11.1 Å². The Labute approximate surface area is 83.2 Å². The van der Waals surface area contributed by atoms with Gasteiger partial charge in [0.15, 0.2) is 0 Å². The van der Waals surface area contributed by atoms with Gasteiger partial charge in [0.25, 0.3) is 0 Å². The van der Waals surface area contributed by atoms with E-state index in [0.717, 1.165) is 19.7 Å². The highest BCUT2D eigenvalue weighted by molar-refractivity contribution is 5.30. The Morgan fingerprint density at radius 3 is 3.21 bits per heavy atom. The average molecular weight is 196 g/mol. The predicted octanol–water partition coefficient (Wildman–Crippen LogP) is 0.0147. The van der Waals surface area contributed by atoms with Crippen LogP contribution in [0.2, 0.25) is 0 Å². The van der Waals surface area contributed by atoms with Gasteiger partial charge in [-0.15, -0.1) is 0 Å². The van der Waals surface area contributed by atoms with E-state index >= 15 is 0 Å². The first kappa shape index (κ1) is 9.48. The Morgan fingerprint density at radius 1 is 1.79 bits per heavy atom. The molecule has 2 heterocycles. The molecule has 0 spiro atoms. The summed E-state index contributed by atoms with van der Waals surface area (Å²) in [7, 11) is 0. The fourth-order valence-corrected chi connectivity index (χ4v) is 1.64. The number of nitrogens with one attached hydrogen (secondary N) is 1. The molecule has 1 aliphatic heterocycles. The Hall–Kier alpha value is -1.07. The lowest BCUT2D eigenvalue weighted by atomic mass is 10.1. The molecule has 0 aromatic carbocycles. The maximum atomic E-state index is 5.64. The third-order valence-electron chi connectivity index (χ3n) is 2.53. The van der Waals surface area contributed by atoms with Crippen LogP contribution in [-0.2, 0) is 4.74 Å². The molecule has 0 bridgehead atoms. The lowest BCUT2D eigenvalue weighted by Crippen LogP contribution is -2.42. The first-order valence-corrected chi connectivity index (χ1v) is 4.89. The zero-order chi connectivity index (χ0) is 9.97. The number of nitrogens with two attached hydrogens (primary N) is 1. The van der Waals surface area contributed by atoms with Crippen molar-refractivity contribution in [1.82, 2.24) is 15.1 Å². The Morgan fingerprint density at radius 2 is 2.64 bits per heavy atom. The molecule has 2 unspecified atom stereocenters. The maximum Gasteiger partial charge on any atom is 0.0920 e. The van der Waals surface area contributed by atoms with Crippen molar-refractivity contribution in [2.75, 3.05) is 25.4 Å². The summed E-state index contributed by atoms with van der Waals surface area (Å²) in [5.41, 5.74) is 6.30. The van der Waals surface area contributed by atoms with Crippen molar-refractivity contribution in [3.63, 3.8) is 0 Å². The van der Waals surface area contributed by atoms with E-state index in [9.17, 15) is 0 Å². The molecule has 78 valence electrons. The van der Waals surface area contributed by atoms with Crippen LogP contribution in [0.1, 0.15) is 13.0 Å². The summed E-state index contributed by atoms with van der Waals surface area (Å²) in [4.78, 5) is 0. The lowest BCUT2D eigenvalue weighted by molar-refractivity contribution is -0.00318. The van der Waals surface area contributed by atoms with Crippen LogP contribution in [0.4, 0.5) is 5.69 Å². The van der Waals surface area contributed by atoms with E-state index < -0.39 is 0 Å². The predicted molar refractivity (Wildman–Crippen MR) is 54.0 cm³/mol. The Balaban J connectivity index is 2.03. The molecule has 5 nitrogen and oxygen atoms in total. The molecule has 1 aromatic heterocycles. The maximum absolute atomic E-state index is 5.64. The number of hydrogen-bond acceptors (Lipinski definition) is 4. The third kappa shape index (κ3) is 1.88. The number of anilines is 1. The number of nitrogen functional groups attached to an aromatic ring is 1. The van der Waals surface area contributed by atoms with Crippen molar-refractivity contribution in [2.24, 2.45) is 0 Å². The second-order valence-corrected chi connectivity index (χ2v) is 3.61. The van der Waals surface area contributed by atoms with E-state index in [1.165, 1.54) is 0 Å². The molecule has 0 saturated carbocycles. The molecule has 0 amide bonds. The largest absolute Gasteiger partial charge is 0.396 e. The highest BCUT2D eigenvalue weighted by Crippen LogP contribution is 2.15. The number of ether oxygens (including phenoxy) is 1. The first-order valence-electron chi connectivity index (χ1n) is 4.89. The summed E-state index contributed by atoms with van der Waals surface area (Å²) in [6.07, 6.45) is 3.68. The van der Waals surface area contributed by atoms with Crippen molar-refractivity contribution in [3.05, 3.63) is 12.4 Å². The third-order valence-corrected chi connectivity index (χ3v) is 2.53. The van der Waals surface area contributed by atoms with Crippen LogP contribution in [0.15, 0.2) is 12.4 Å². The van der Waals surface area contributed by atoms with Gasteiger partial charge in [0.1, 0.15) is 0 Å². The van der Waals surface area contributed by atoms with Gasteiger partial charge in [0.2, 0.25) is 0 Å². The quantitative estimate of drug-likeness (QED) is 0.699. The topological polar surface area (TPSA) is 65.1 Å². The average Bonchev–Trinajstić information content (AvgIpc) is 2.65. The van der Waals surface area contributed by atoms with Crippen LogP contribution in [0.25, 0.3) is 0 Å². The molecule has 1 fully saturated rings. The number of hydrogen-bond donors (Lipinski definition) is 2. The zero-order valence-electron chi connectivity index (χ0n) is 8.31. The minimum Gasteiger partial charge on any atom is -0.396 e. The normalized spacial score (nSPS) is 24.8. The van der Waals surface area contributed by atoms with E-state index in [-0.39, 0.29) is 12.1 Å². The van der Waals surface area contributed by atoms with Crippen LogP contribution in [0, 0.1) is 0 Å². The van der Waals surface area contributed by atoms with Gasteiger partial charge in [0, 0.05) is 19.3 Å². The minimum atomic E-state index is 0.183. The number of morpholine rings is 1. The van der Waals surface area contributed by atoms with Gasteiger partial charge < -0.3 is 15.8 Å². The minimum absolute atomic E-state index is 0.183. The van der Waals surface area contributed by atoms with Crippen molar-refractivity contribution in [3.8, 4) is 0 Å². The summed E-state index contributed by atoms with van der Waals surface area (Å²) in [5, 5.41) is 7.47. The molecule has 3 N–H and O–H groups in total. The van der Waals surface area contributed by atoms with E-state index in [2.05, 4.69) is 17.3 Å². The number of aromatic nitrogens is 2. The molecular weight excluding hydrogens is 180 g/mol. The van der Waals surface area contributed by atoms with Crippen LogP contribution in [0.3, 0.4) is 0 Å². The molecule has 0 radical (unpaired) electrons. The monoisotopic (exact) mass is 196 g/mol. The van der Waals surface area contributed by atoms with Crippen molar-refractivity contribution in [2.45, 2.75) is 19.1 Å². The molecule has 5 heteroatoms. The fourth-order valence-electron chi connectivity index (χ4n) is 1.64. The van der Waals surface area contributed by atoms with Crippen LogP contribution >= 0.6 is 0 Å². The molecule has 2 rings (SSSR count). The van der Waals surface area contributed by atoms with Gasteiger partial charge in [-0.05, 0) is 6.92 Å². The van der Waals surface area contributed by atoms with E-state index in [4.69, 9.17) is 10.5 Å². The van der Waals surface area contributed by atoms with E-state index in [1.807, 2.05) is 10.9 Å². The Bertz CT molecular complexity index is 293. The SMILES string of the molecule is CC(C1CNCCO1)n1cc(N)cn1. The van der Waals surface area contributed by atoms with Crippen LogP contribution in [-0.4, -0.2) is 35.6 Å². The fraction of sp³-hybridized carbons (Fsp3) is 0.667. The number of nitrogens with zero attached hydrogens (tertiary/aromatic N) is 2. The number of rotatable bonds is 2.